The molecule has 10 heteroatoms. The third kappa shape index (κ3) is 4.92. The average Bonchev–Trinajstić information content (AvgIpc) is 2.72. The molecule has 0 bridgehead atoms. The van der Waals surface area contributed by atoms with E-state index in [2.05, 4.69) is 14.7 Å². The SMILES string of the molecule is COc1ccc(C(N)c2nc(Cl)cnc2-c2cc(OC(F)(F)F)ccc2OC)cc1. The predicted molar refractivity (Wildman–Crippen MR) is 105 cm³/mol. The van der Waals surface area contributed by atoms with Gasteiger partial charge in [-0.2, -0.15) is 0 Å². The molecular formula is C20H17ClF3N3O3. The summed E-state index contributed by atoms with van der Waals surface area (Å²) in [6.07, 6.45) is -3.57. The lowest BCUT2D eigenvalue weighted by atomic mass is 9.99. The van der Waals surface area contributed by atoms with Crippen LogP contribution < -0.4 is 19.9 Å². The fraction of sp³-hybridized carbons (Fsp3) is 0.200. The van der Waals surface area contributed by atoms with Crippen LogP contribution in [-0.2, 0) is 0 Å². The Balaban J connectivity index is 2.11. The smallest absolute Gasteiger partial charge is 0.497 e. The highest BCUT2D eigenvalue weighted by Gasteiger charge is 2.32. The van der Waals surface area contributed by atoms with Crippen LogP contribution in [-0.4, -0.2) is 30.5 Å². The summed E-state index contributed by atoms with van der Waals surface area (Å²) < 4.78 is 52.5. The Morgan fingerprint density at radius 1 is 1.00 bits per heavy atom. The van der Waals surface area contributed by atoms with E-state index in [1.807, 2.05) is 0 Å². The highest BCUT2D eigenvalue weighted by molar-refractivity contribution is 6.29. The Morgan fingerprint density at radius 2 is 1.67 bits per heavy atom. The molecule has 1 aromatic heterocycles. The first-order chi connectivity index (χ1) is 14.2. The van der Waals surface area contributed by atoms with Crippen molar-refractivity contribution in [2.75, 3.05) is 14.2 Å². The van der Waals surface area contributed by atoms with Crippen LogP contribution in [0.3, 0.4) is 0 Å². The van der Waals surface area contributed by atoms with Gasteiger partial charge in [-0.3, -0.25) is 4.98 Å². The van der Waals surface area contributed by atoms with E-state index in [9.17, 15) is 13.2 Å². The Bertz CT molecular complexity index is 1030. The maximum absolute atomic E-state index is 12.7. The largest absolute Gasteiger partial charge is 0.573 e. The van der Waals surface area contributed by atoms with Crippen molar-refractivity contribution in [1.29, 1.82) is 0 Å². The standard InChI is InChI=1S/C20H17ClF3N3O3/c1-28-12-5-3-11(4-6-12)17(25)19-18(26-10-16(21)27-19)14-9-13(30-20(22,23)24)7-8-15(14)29-2/h3-10,17H,25H2,1-2H3. The quantitative estimate of drug-likeness (QED) is 0.596. The first-order valence-corrected chi connectivity index (χ1v) is 8.95. The number of benzene rings is 2. The summed E-state index contributed by atoms with van der Waals surface area (Å²) in [6.45, 7) is 0. The van der Waals surface area contributed by atoms with E-state index < -0.39 is 18.2 Å². The third-order valence-electron chi connectivity index (χ3n) is 4.20. The van der Waals surface area contributed by atoms with Crippen molar-refractivity contribution in [1.82, 2.24) is 9.97 Å². The molecule has 1 heterocycles. The fourth-order valence-electron chi connectivity index (χ4n) is 2.84. The van der Waals surface area contributed by atoms with Gasteiger partial charge in [-0.25, -0.2) is 4.98 Å². The van der Waals surface area contributed by atoms with Gasteiger partial charge in [0.2, 0.25) is 0 Å². The summed E-state index contributed by atoms with van der Waals surface area (Å²) in [5.41, 5.74) is 7.77. The minimum atomic E-state index is -4.85. The van der Waals surface area contributed by atoms with E-state index in [0.717, 1.165) is 12.1 Å². The molecule has 6 nitrogen and oxygen atoms in total. The Labute approximate surface area is 175 Å². The van der Waals surface area contributed by atoms with Crippen LogP contribution in [0.1, 0.15) is 17.3 Å². The summed E-state index contributed by atoms with van der Waals surface area (Å²) in [7, 11) is 2.92. The second-order valence-corrected chi connectivity index (χ2v) is 6.47. The van der Waals surface area contributed by atoms with Crippen LogP contribution in [0.4, 0.5) is 13.2 Å². The number of rotatable bonds is 6. The molecule has 0 aliphatic carbocycles. The van der Waals surface area contributed by atoms with E-state index in [4.69, 9.17) is 26.8 Å². The molecule has 3 rings (SSSR count). The van der Waals surface area contributed by atoms with Crippen molar-refractivity contribution in [2.24, 2.45) is 5.73 Å². The van der Waals surface area contributed by atoms with Gasteiger partial charge in [-0.15, -0.1) is 13.2 Å². The van der Waals surface area contributed by atoms with Crippen molar-refractivity contribution in [2.45, 2.75) is 12.4 Å². The second-order valence-electron chi connectivity index (χ2n) is 6.09. The van der Waals surface area contributed by atoms with E-state index in [1.165, 1.54) is 26.5 Å². The monoisotopic (exact) mass is 439 g/mol. The molecule has 158 valence electrons. The zero-order chi connectivity index (χ0) is 21.9. The van der Waals surface area contributed by atoms with Gasteiger partial charge in [-0.1, -0.05) is 23.7 Å². The molecular weight excluding hydrogens is 423 g/mol. The van der Waals surface area contributed by atoms with Gasteiger partial charge >= 0.3 is 6.36 Å². The molecule has 0 saturated carbocycles. The van der Waals surface area contributed by atoms with Crippen LogP contribution in [0.25, 0.3) is 11.3 Å². The summed E-state index contributed by atoms with van der Waals surface area (Å²) >= 11 is 6.02. The van der Waals surface area contributed by atoms with Crippen LogP contribution in [0.5, 0.6) is 17.2 Å². The Morgan fingerprint density at radius 3 is 2.27 bits per heavy atom. The third-order valence-corrected chi connectivity index (χ3v) is 4.38. The van der Waals surface area contributed by atoms with Crippen molar-refractivity contribution in [3.63, 3.8) is 0 Å². The number of hydrogen-bond donors (Lipinski definition) is 1. The molecule has 3 aromatic rings. The minimum absolute atomic E-state index is 0.0828. The van der Waals surface area contributed by atoms with Crippen molar-refractivity contribution in [3.05, 3.63) is 65.1 Å². The normalized spacial score (nSPS) is 12.4. The number of alkyl halides is 3. The molecule has 0 fully saturated rings. The molecule has 0 saturated heterocycles. The zero-order valence-electron chi connectivity index (χ0n) is 15.9. The van der Waals surface area contributed by atoms with Gasteiger partial charge in [0.25, 0.3) is 0 Å². The number of hydrogen-bond acceptors (Lipinski definition) is 6. The van der Waals surface area contributed by atoms with Crippen molar-refractivity contribution >= 4 is 11.6 Å². The number of aromatic nitrogens is 2. The van der Waals surface area contributed by atoms with Gasteiger partial charge in [0.05, 0.1) is 37.8 Å². The van der Waals surface area contributed by atoms with Crippen LogP contribution in [0.2, 0.25) is 5.15 Å². The average molecular weight is 440 g/mol. The molecule has 1 atom stereocenters. The lowest BCUT2D eigenvalue weighted by Gasteiger charge is -2.18. The number of halogens is 4. The first kappa shape index (κ1) is 21.7. The topological polar surface area (TPSA) is 79.5 Å². The maximum Gasteiger partial charge on any atom is 0.573 e. The molecule has 0 amide bonds. The predicted octanol–water partition coefficient (Wildman–Crippen LogP) is 4.76. The van der Waals surface area contributed by atoms with Crippen LogP contribution in [0.15, 0.2) is 48.7 Å². The molecule has 0 radical (unpaired) electrons. The first-order valence-electron chi connectivity index (χ1n) is 8.58. The maximum atomic E-state index is 12.7. The van der Waals surface area contributed by atoms with Crippen molar-refractivity contribution < 1.29 is 27.4 Å². The molecule has 0 spiro atoms. The second kappa shape index (κ2) is 8.76. The van der Waals surface area contributed by atoms with E-state index in [0.29, 0.717) is 11.3 Å². The van der Waals surface area contributed by atoms with Gasteiger partial charge in [0.15, 0.2) is 0 Å². The van der Waals surface area contributed by atoms with Crippen LogP contribution in [0, 0.1) is 0 Å². The van der Waals surface area contributed by atoms with Gasteiger partial charge in [-0.05, 0) is 35.9 Å². The molecule has 0 aliphatic rings. The van der Waals surface area contributed by atoms with E-state index >= 15 is 0 Å². The fourth-order valence-corrected chi connectivity index (χ4v) is 2.98. The molecule has 1 unspecified atom stereocenters. The molecule has 2 N–H and O–H groups in total. The zero-order valence-corrected chi connectivity index (χ0v) is 16.7. The molecule has 2 aromatic carbocycles. The summed E-state index contributed by atoms with van der Waals surface area (Å²) in [5.74, 6) is 0.477. The minimum Gasteiger partial charge on any atom is -0.497 e. The number of methoxy groups -OCH3 is 2. The summed E-state index contributed by atoms with van der Waals surface area (Å²) in [6, 6.07) is 9.82. The lowest BCUT2D eigenvalue weighted by Crippen LogP contribution is -2.17. The van der Waals surface area contributed by atoms with Gasteiger partial charge in [0.1, 0.15) is 22.4 Å². The summed E-state index contributed by atoms with van der Waals surface area (Å²) in [4.78, 5) is 8.54. The van der Waals surface area contributed by atoms with Gasteiger partial charge in [0, 0.05) is 5.56 Å². The number of ether oxygens (including phenoxy) is 3. The molecule has 30 heavy (non-hydrogen) atoms. The van der Waals surface area contributed by atoms with Crippen LogP contribution >= 0.6 is 11.6 Å². The highest BCUT2D eigenvalue weighted by Crippen LogP contribution is 2.38. The number of nitrogens with zero attached hydrogens (tertiary/aromatic N) is 2. The summed E-state index contributed by atoms with van der Waals surface area (Å²) in [5, 5.41) is 0.0828. The van der Waals surface area contributed by atoms with Crippen molar-refractivity contribution in [3.8, 4) is 28.5 Å². The Hall–Kier alpha value is -3.04. The highest BCUT2D eigenvalue weighted by atomic mass is 35.5. The van der Waals surface area contributed by atoms with Gasteiger partial charge < -0.3 is 19.9 Å². The number of nitrogens with two attached hydrogens (primary N) is 1. The van der Waals surface area contributed by atoms with E-state index in [-0.39, 0.29) is 27.9 Å². The van der Waals surface area contributed by atoms with E-state index in [1.54, 1.807) is 24.3 Å². The lowest BCUT2D eigenvalue weighted by molar-refractivity contribution is -0.274. The Kier molecular flexibility index (Phi) is 6.33. The molecule has 0 aliphatic heterocycles.